The first-order valence-electron chi connectivity index (χ1n) is 12.7. The Morgan fingerprint density at radius 3 is 2.08 bits per heavy atom. The van der Waals surface area contributed by atoms with Crippen LogP contribution >= 0.6 is 0 Å². The van der Waals surface area contributed by atoms with Crippen molar-refractivity contribution in [2.24, 2.45) is 0 Å². The molecule has 2 heteroatoms. The van der Waals surface area contributed by atoms with Crippen LogP contribution in [-0.2, 0) is 5.41 Å². The van der Waals surface area contributed by atoms with Crippen molar-refractivity contribution < 1.29 is 9.59 Å². The maximum Gasteiger partial charge on any atom is 0.197 e. The van der Waals surface area contributed by atoms with E-state index in [1.807, 2.05) is 19.1 Å². The highest BCUT2D eigenvalue weighted by Crippen LogP contribution is 2.41. The fourth-order valence-corrected chi connectivity index (χ4v) is 5.51. The van der Waals surface area contributed by atoms with Crippen molar-refractivity contribution in [2.45, 2.75) is 26.2 Å². The van der Waals surface area contributed by atoms with Crippen LogP contribution in [-0.4, -0.2) is 11.6 Å². The Kier molecular flexibility index (Phi) is 6.20. The van der Waals surface area contributed by atoms with Gasteiger partial charge in [0.05, 0.1) is 5.57 Å². The minimum Gasteiger partial charge on any atom is -0.288 e. The Hall–Kier alpha value is -4.56. The second-order valence-corrected chi connectivity index (χ2v) is 10.5. The van der Waals surface area contributed by atoms with E-state index in [1.165, 1.54) is 16.7 Å². The SMILES string of the molecule is C=Cc1cc2c(cc1C=C)C(=O)C(=Cc1ccc3c4c(ccc3c1)\C=C/C=C\C(=C\C(=C)C)C4(C)C)C2=O. The highest BCUT2D eigenvalue weighted by atomic mass is 16.2. The van der Waals surface area contributed by atoms with E-state index in [4.69, 9.17) is 0 Å². The lowest BCUT2D eigenvalue weighted by molar-refractivity contribution is 0.0990. The van der Waals surface area contributed by atoms with Crippen LogP contribution in [0.5, 0.6) is 0 Å². The number of fused-ring (bicyclic) bond motifs is 4. The largest absolute Gasteiger partial charge is 0.288 e. The first-order chi connectivity index (χ1) is 18.1. The van der Waals surface area contributed by atoms with Gasteiger partial charge in [-0.1, -0.05) is 106 Å². The van der Waals surface area contributed by atoms with Crippen molar-refractivity contribution in [2.75, 3.05) is 0 Å². The van der Waals surface area contributed by atoms with Crippen LogP contribution in [0.2, 0.25) is 0 Å². The lowest BCUT2D eigenvalue weighted by Gasteiger charge is -2.31. The molecule has 0 N–H and O–H groups in total. The topological polar surface area (TPSA) is 34.1 Å². The number of ketones is 2. The fraction of sp³-hybridized carbons (Fsp3) is 0.111. The quantitative estimate of drug-likeness (QED) is 0.268. The standard InChI is InChI=1S/C36H30O2/c1-7-24-20-30-31(21-25(24)8-2)35(38)32(34(30)37)19-23-13-16-29-27(18-23)15-14-26-11-9-10-12-28(17-22(3)4)36(5,6)33(26)29/h7-21H,1-3H2,4-6H3/b11-9-,12-10-,28-17-. The fourth-order valence-electron chi connectivity index (χ4n) is 5.51. The van der Waals surface area contributed by atoms with Gasteiger partial charge in [-0.15, -0.1) is 0 Å². The number of Topliss-reactive ketones (excluding diaryl/α,β-unsaturated/α-hetero) is 2. The summed E-state index contributed by atoms with van der Waals surface area (Å²) < 4.78 is 0. The third-order valence-electron chi connectivity index (χ3n) is 7.44. The summed E-state index contributed by atoms with van der Waals surface area (Å²) in [6.07, 6.45) is 15.6. The molecule has 0 bridgehead atoms. The number of carbonyl (C=O) groups excluding carboxylic acids is 2. The van der Waals surface area contributed by atoms with Crippen LogP contribution < -0.4 is 0 Å². The third kappa shape index (κ3) is 4.09. The van der Waals surface area contributed by atoms with Crippen LogP contribution in [0.3, 0.4) is 0 Å². The third-order valence-corrected chi connectivity index (χ3v) is 7.44. The average molecular weight is 495 g/mol. The molecule has 0 atom stereocenters. The molecule has 3 aromatic carbocycles. The highest BCUT2D eigenvalue weighted by Gasteiger charge is 2.34. The first-order valence-corrected chi connectivity index (χ1v) is 12.7. The molecule has 38 heavy (non-hydrogen) atoms. The number of rotatable bonds is 4. The van der Waals surface area contributed by atoms with Gasteiger partial charge in [-0.25, -0.2) is 0 Å². The van der Waals surface area contributed by atoms with Gasteiger partial charge in [0, 0.05) is 16.5 Å². The van der Waals surface area contributed by atoms with E-state index in [0.717, 1.165) is 33.0 Å². The molecule has 0 amide bonds. The zero-order chi connectivity index (χ0) is 27.2. The maximum absolute atomic E-state index is 13.2. The highest BCUT2D eigenvalue weighted by molar-refractivity contribution is 6.41. The predicted molar refractivity (Wildman–Crippen MR) is 161 cm³/mol. The first kappa shape index (κ1) is 25.1. The summed E-state index contributed by atoms with van der Waals surface area (Å²) in [5.41, 5.74) is 7.73. The van der Waals surface area contributed by atoms with Crippen molar-refractivity contribution in [3.63, 3.8) is 0 Å². The molecule has 2 aliphatic carbocycles. The molecule has 0 spiro atoms. The molecular weight excluding hydrogens is 464 g/mol. The molecule has 0 aliphatic heterocycles. The molecule has 0 unspecified atom stereocenters. The molecule has 0 aromatic heterocycles. The lowest BCUT2D eigenvalue weighted by atomic mass is 9.72. The molecule has 0 radical (unpaired) electrons. The molecule has 5 rings (SSSR count). The summed E-state index contributed by atoms with van der Waals surface area (Å²) in [4.78, 5) is 26.5. The van der Waals surface area contributed by atoms with E-state index in [-0.39, 0.29) is 22.6 Å². The Balaban J connectivity index is 1.63. The Labute approximate surface area is 224 Å². The number of allylic oxidation sites excluding steroid dienone is 7. The molecule has 0 heterocycles. The second-order valence-electron chi connectivity index (χ2n) is 10.5. The van der Waals surface area contributed by atoms with E-state index in [9.17, 15) is 9.59 Å². The van der Waals surface area contributed by atoms with Gasteiger partial charge in [0.25, 0.3) is 0 Å². The molecule has 3 aromatic rings. The molecule has 2 nitrogen and oxygen atoms in total. The van der Waals surface area contributed by atoms with Gasteiger partial charge in [0.1, 0.15) is 0 Å². The van der Waals surface area contributed by atoms with Gasteiger partial charge >= 0.3 is 0 Å². The number of benzene rings is 3. The minimum atomic E-state index is -0.264. The van der Waals surface area contributed by atoms with Crippen molar-refractivity contribution in [3.05, 3.63) is 142 Å². The van der Waals surface area contributed by atoms with Gasteiger partial charge in [0.2, 0.25) is 0 Å². The molecule has 0 fully saturated rings. The number of carbonyl (C=O) groups is 2. The summed E-state index contributed by atoms with van der Waals surface area (Å²) in [5.74, 6) is -0.510. The van der Waals surface area contributed by atoms with Crippen LogP contribution in [0.1, 0.15) is 69.3 Å². The van der Waals surface area contributed by atoms with Crippen molar-refractivity contribution >= 4 is 46.6 Å². The number of hydrogen-bond donors (Lipinski definition) is 0. The summed E-state index contributed by atoms with van der Waals surface area (Å²) in [5, 5.41) is 2.19. The van der Waals surface area contributed by atoms with Crippen molar-refractivity contribution in [3.8, 4) is 0 Å². The van der Waals surface area contributed by atoms with Crippen molar-refractivity contribution in [1.29, 1.82) is 0 Å². The number of hydrogen-bond acceptors (Lipinski definition) is 2. The van der Waals surface area contributed by atoms with Crippen LogP contribution in [0.4, 0.5) is 0 Å². The van der Waals surface area contributed by atoms with Crippen LogP contribution in [0, 0.1) is 0 Å². The van der Waals surface area contributed by atoms with Crippen LogP contribution in [0.25, 0.3) is 35.1 Å². The monoisotopic (exact) mass is 494 g/mol. The van der Waals surface area contributed by atoms with Crippen LogP contribution in [0.15, 0.2) is 103 Å². The predicted octanol–water partition coefficient (Wildman–Crippen LogP) is 8.95. The summed E-state index contributed by atoms with van der Waals surface area (Å²) >= 11 is 0. The lowest BCUT2D eigenvalue weighted by Crippen LogP contribution is -2.22. The van der Waals surface area contributed by atoms with Gasteiger partial charge in [-0.2, -0.15) is 0 Å². The maximum atomic E-state index is 13.2. The molecule has 0 saturated carbocycles. The van der Waals surface area contributed by atoms with E-state index in [1.54, 1.807) is 30.4 Å². The molecule has 2 aliphatic rings. The molecule has 186 valence electrons. The second kappa shape index (κ2) is 9.39. The normalized spacial score (nSPS) is 18.4. The van der Waals surface area contributed by atoms with Gasteiger partial charge in [-0.3, -0.25) is 9.59 Å². The Bertz CT molecular complexity index is 1660. The van der Waals surface area contributed by atoms with E-state index >= 15 is 0 Å². The van der Waals surface area contributed by atoms with E-state index < -0.39 is 0 Å². The summed E-state index contributed by atoms with van der Waals surface area (Å²) in [6, 6.07) is 13.8. The van der Waals surface area contributed by atoms with Crippen molar-refractivity contribution in [1.82, 2.24) is 0 Å². The molecule has 0 saturated heterocycles. The minimum absolute atomic E-state index is 0.182. The van der Waals surface area contributed by atoms with E-state index in [2.05, 4.69) is 82.2 Å². The zero-order valence-corrected chi connectivity index (χ0v) is 22.1. The van der Waals surface area contributed by atoms with Gasteiger partial charge in [0.15, 0.2) is 11.6 Å². The van der Waals surface area contributed by atoms with E-state index in [0.29, 0.717) is 11.1 Å². The zero-order valence-electron chi connectivity index (χ0n) is 22.1. The molecular formula is C36H30O2. The smallest absolute Gasteiger partial charge is 0.197 e. The van der Waals surface area contributed by atoms with Gasteiger partial charge < -0.3 is 0 Å². The average Bonchev–Trinajstić information content (AvgIpc) is 3.12. The van der Waals surface area contributed by atoms with Gasteiger partial charge in [-0.05, 0) is 75.4 Å². The summed E-state index contributed by atoms with van der Waals surface area (Å²) in [6.45, 7) is 18.2. The Morgan fingerprint density at radius 2 is 1.47 bits per heavy atom. The summed E-state index contributed by atoms with van der Waals surface area (Å²) in [7, 11) is 0. The Morgan fingerprint density at radius 1 is 0.842 bits per heavy atom.